The largest absolute Gasteiger partial charge is 0.472 e. The van der Waals surface area contributed by atoms with Crippen molar-refractivity contribution in [1.29, 1.82) is 0 Å². The fourth-order valence-electron chi connectivity index (χ4n) is 4.89. The van der Waals surface area contributed by atoms with Gasteiger partial charge in [-0.15, -0.1) is 0 Å². The summed E-state index contributed by atoms with van der Waals surface area (Å²) in [5, 5.41) is 21.9. The second kappa shape index (κ2) is 10.8. The molecule has 3 aliphatic rings. The van der Waals surface area contributed by atoms with Gasteiger partial charge in [0, 0.05) is 12.3 Å². The monoisotopic (exact) mass is 651 g/mol. The molecule has 3 aliphatic heterocycles. The van der Waals surface area contributed by atoms with Crippen LogP contribution in [0.1, 0.15) is 12.5 Å². The van der Waals surface area contributed by atoms with Crippen molar-refractivity contribution in [2.75, 3.05) is 18.9 Å². The van der Waals surface area contributed by atoms with E-state index < -0.39 is 94.7 Å². The predicted molar refractivity (Wildman–Crippen MR) is 135 cm³/mol. The molecule has 3 fully saturated rings. The van der Waals surface area contributed by atoms with E-state index in [1.165, 1.54) is 0 Å². The number of aromatic amines is 2. The number of nitrogens with two attached hydrogens (primary N) is 1. The molecule has 8 N–H and O–H groups in total. The molecule has 0 aliphatic carbocycles. The molecule has 4 unspecified atom stereocenters. The van der Waals surface area contributed by atoms with Gasteiger partial charge in [-0.2, -0.15) is 4.98 Å². The third kappa shape index (κ3) is 5.64. The van der Waals surface area contributed by atoms with Gasteiger partial charge in [-0.05, 0) is 0 Å². The van der Waals surface area contributed by atoms with E-state index in [4.69, 9.17) is 33.3 Å². The Labute approximate surface area is 236 Å². The number of imidazole rings is 1. The summed E-state index contributed by atoms with van der Waals surface area (Å²) < 4.78 is 59.3. The fourth-order valence-corrected chi connectivity index (χ4v) is 6.82. The number of nitrogens with one attached hydrogen (secondary N) is 2. The molecule has 0 saturated carbocycles. The van der Waals surface area contributed by atoms with Crippen LogP contribution in [0.4, 0.5) is 5.95 Å². The van der Waals surface area contributed by atoms with Gasteiger partial charge in [-0.3, -0.25) is 46.8 Å². The number of anilines is 1. The summed E-state index contributed by atoms with van der Waals surface area (Å²) in [4.78, 5) is 68.8. The van der Waals surface area contributed by atoms with Gasteiger partial charge in [0.2, 0.25) is 5.95 Å². The minimum absolute atomic E-state index is 0.127. The lowest BCUT2D eigenvalue weighted by Gasteiger charge is -2.27. The van der Waals surface area contributed by atoms with Gasteiger partial charge in [-0.1, -0.05) is 0 Å². The van der Waals surface area contributed by atoms with Crippen molar-refractivity contribution in [2.45, 2.75) is 49.1 Å². The van der Waals surface area contributed by atoms with Crippen molar-refractivity contribution < 1.29 is 56.7 Å². The van der Waals surface area contributed by atoms with Crippen LogP contribution in [0.25, 0.3) is 11.2 Å². The van der Waals surface area contributed by atoms with Crippen LogP contribution in [0, 0.1) is 0 Å². The molecular formula is C19H23N7O15P2. The van der Waals surface area contributed by atoms with Crippen LogP contribution in [0.5, 0.6) is 0 Å². The Bertz CT molecular complexity index is 1820. The molecule has 0 bridgehead atoms. The Morgan fingerprint density at radius 1 is 0.907 bits per heavy atom. The molecule has 22 nitrogen and oxygen atoms in total. The lowest BCUT2D eigenvalue weighted by Crippen LogP contribution is -2.40. The third-order valence-corrected chi connectivity index (χ3v) is 8.75. The van der Waals surface area contributed by atoms with E-state index in [2.05, 4.69) is 15.0 Å². The summed E-state index contributed by atoms with van der Waals surface area (Å²) in [7, 11) is -10.2. The quantitative estimate of drug-likeness (QED) is 0.134. The van der Waals surface area contributed by atoms with Gasteiger partial charge in [0.15, 0.2) is 23.6 Å². The van der Waals surface area contributed by atoms with Gasteiger partial charge in [0.1, 0.15) is 36.6 Å². The van der Waals surface area contributed by atoms with Crippen molar-refractivity contribution in [1.82, 2.24) is 29.1 Å². The van der Waals surface area contributed by atoms with E-state index in [-0.39, 0.29) is 17.1 Å². The van der Waals surface area contributed by atoms with Crippen LogP contribution >= 0.6 is 15.6 Å². The number of rotatable bonds is 2. The molecule has 43 heavy (non-hydrogen) atoms. The first-order valence-electron chi connectivity index (χ1n) is 12.3. The summed E-state index contributed by atoms with van der Waals surface area (Å²) in [5.74, 6) is -0.285. The first kappa shape index (κ1) is 29.9. The summed E-state index contributed by atoms with van der Waals surface area (Å²) in [5.41, 5.74) is 2.85. The minimum atomic E-state index is -5.10. The SMILES string of the molecule is Nc1nc2c(ncn2[C@@H]2O[C@@H]3COP(=O)(O)O[C@@H]4C(O)[C@H](n5ccc(=O)[nH]c5=O)O[C@@H]4COP(=O)(O)O[C@@H]3C2O)c(=O)[nH]1. The average molecular weight is 651 g/mol. The van der Waals surface area contributed by atoms with E-state index in [0.29, 0.717) is 0 Å². The number of nitrogen functional groups attached to an aromatic ring is 1. The standard InChI is InChI=1S/C19H23N7O15P2/c20-18-23-14-9(15(30)24-18)21-5-26(14)17-11(29)13-7(39-17)4-37-42(32,33)40-12-6(3-36-43(34,35)41-13)38-16(10(12)28)25-2-1-8(27)22-19(25)31/h1-2,5-7,10-13,16-17,28-29H,3-4H2,(H,32,33)(H,34,35)(H,22,27,31)(H3,20,23,24,30)/t6-,7-,10?,11?,12+,13+,16-,17-/m1/s1. The zero-order valence-corrected chi connectivity index (χ0v) is 23.1. The van der Waals surface area contributed by atoms with Crippen molar-refractivity contribution >= 4 is 32.8 Å². The average Bonchev–Trinajstić information content (AvgIpc) is 3.56. The molecule has 0 aromatic carbocycles. The van der Waals surface area contributed by atoms with Gasteiger partial charge >= 0.3 is 21.3 Å². The summed E-state index contributed by atoms with van der Waals surface area (Å²) in [6.07, 6.45) is -11.3. The first-order chi connectivity index (χ1) is 20.2. The van der Waals surface area contributed by atoms with E-state index in [1.807, 2.05) is 4.98 Å². The van der Waals surface area contributed by atoms with E-state index in [9.17, 15) is 43.5 Å². The zero-order valence-electron chi connectivity index (χ0n) is 21.3. The summed E-state index contributed by atoms with van der Waals surface area (Å²) >= 11 is 0. The number of phosphoric acid groups is 2. The summed E-state index contributed by atoms with van der Waals surface area (Å²) in [6, 6.07) is 0.947. The molecule has 0 amide bonds. The number of hydrogen-bond donors (Lipinski definition) is 7. The second-order valence-electron chi connectivity index (χ2n) is 9.57. The van der Waals surface area contributed by atoms with E-state index in [0.717, 1.165) is 27.7 Å². The molecule has 6 heterocycles. The lowest BCUT2D eigenvalue weighted by molar-refractivity contribution is -0.0675. The highest BCUT2D eigenvalue weighted by atomic mass is 31.2. The van der Waals surface area contributed by atoms with Crippen LogP contribution in [-0.4, -0.2) is 98.9 Å². The number of hydrogen-bond acceptors (Lipinski definition) is 16. The maximum absolute atomic E-state index is 12.9. The lowest BCUT2D eigenvalue weighted by atomic mass is 10.1. The maximum Gasteiger partial charge on any atom is 0.472 e. The second-order valence-corrected chi connectivity index (χ2v) is 12.4. The minimum Gasteiger partial charge on any atom is -0.386 e. The number of nitrogens with zero attached hydrogens (tertiary/aromatic N) is 4. The Balaban J connectivity index is 1.29. The molecule has 0 spiro atoms. The third-order valence-electron chi connectivity index (χ3n) is 6.78. The number of aliphatic hydroxyl groups excluding tert-OH is 2. The number of aliphatic hydroxyl groups is 2. The zero-order chi connectivity index (χ0) is 30.8. The Morgan fingerprint density at radius 2 is 1.47 bits per heavy atom. The fraction of sp³-hybridized carbons (Fsp3) is 0.526. The van der Waals surface area contributed by atoms with E-state index >= 15 is 0 Å². The molecule has 6 rings (SSSR count). The molecule has 3 aromatic rings. The highest BCUT2D eigenvalue weighted by Crippen LogP contribution is 2.53. The summed E-state index contributed by atoms with van der Waals surface area (Å²) in [6.45, 7) is -1.79. The number of fused-ring (bicyclic) bond motifs is 3. The molecule has 0 radical (unpaired) electrons. The van der Waals surface area contributed by atoms with Crippen LogP contribution in [0.2, 0.25) is 0 Å². The maximum atomic E-state index is 12.9. The van der Waals surface area contributed by atoms with Gasteiger partial charge in [0.25, 0.3) is 11.1 Å². The molecular weight excluding hydrogens is 628 g/mol. The number of phosphoric ester groups is 2. The van der Waals surface area contributed by atoms with E-state index in [1.54, 1.807) is 0 Å². The van der Waals surface area contributed by atoms with Gasteiger partial charge in [-0.25, -0.2) is 18.9 Å². The van der Waals surface area contributed by atoms with Crippen molar-refractivity contribution in [3.63, 3.8) is 0 Å². The number of H-pyrrole nitrogens is 2. The van der Waals surface area contributed by atoms with Gasteiger partial charge in [0.05, 0.1) is 19.5 Å². The molecule has 3 aromatic heterocycles. The van der Waals surface area contributed by atoms with Crippen molar-refractivity contribution in [3.8, 4) is 0 Å². The molecule has 24 heteroatoms. The topological polar surface area (TPSA) is 315 Å². The Morgan fingerprint density at radius 3 is 2.02 bits per heavy atom. The highest BCUT2D eigenvalue weighted by molar-refractivity contribution is 7.47. The van der Waals surface area contributed by atoms with Crippen LogP contribution in [0.3, 0.4) is 0 Å². The van der Waals surface area contributed by atoms with Crippen LogP contribution in [0.15, 0.2) is 33.0 Å². The van der Waals surface area contributed by atoms with Crippen molar-refractivity contribution in [2.24, 2.45) is 0 Å². The van der Waals surface area contributed by atoms with Gasteiger partial charge < -0.3 is 35.2 Å². The first-order valence-corrected chi connectivity index (χ1v) is 15.2. The molecule has 10 atom stereocenters. The smallest absolute Gasteiger partial charge is 0.386 e. The Kier molecular flexibility index (Phi) is 7.52. The predicted octanol–water partition coefficient (Wildman–Crippen LogP) is -3.21. The van der Waals surface area contributed by atoms with Crippen molar-refractivity contribution in [3.05, 3.63) is 49.8 Å². The normalized spacial score (nSPS) is 38.7. The van der Waals surface area contributed by atoms with Crippen LogP contribution in [-0.2, 0) is 36.7 Å². The number of ether oxygens (including phenoxy) is 2. The molecule has 3 saturated heterocycles. The molecule has 234 valence electrons. The Hall–Kier alpha value is -3.11. The number of aromatic nitrogens is 6. The van der Waals surface area contributed by atoms with Crippen LogP contribution < -0.4 is 22.5 Å². The highest BCUT2D eigenvalue weighted by Gasteiger charge is 2.53.